The van der Waals surface area contributed by atoms with Crippen LogP contribution in [0.4, 0.5) is 4.39 Å². The molecule has 0 radical (unpaired) electrons. The summed E-state index contributed by atoms with van der Waals surface area (Å²) in [4.78, 5) is 15.3. The number of hydrogen-bond acceptors (Lipinski definition) is 4. The van der Waals surface area contributed by atoms with Crippen molar-refractivity contribution in [3.8, 4) is 22.9 Å². The molecule has 0 N–H and O–H groups in total. The van der Waals surface area contributed by atoms with E-state index in [0.717, 1.165) is 11.3 Å². The van der Waals surface area contributed by atoms with Crippen LogP contribution in [-0.2, 0) is 13.2 Å². The Morgan fingerprint density at radius 3 is 2.69 bits per heavy atom. The van der Waals surface area contributed by atoms with Crippen molar-refractivity contribution >= 4 is 0 Å². The molecule has 0 saturated carbocycles. The van der Waals surface area contributed by atoms with Crippen LogP contribution in [0.1, 0.15) is 31.0 Å². The zero-order valence-corrected chi connectivity index (χ0v) is 16.5. The average molecular weight is 394 g/mol. The lowest BCUT2D eigenvalue weighted by atomic mass is 9.97. The molecule has 3 aromatic rings. The lowest BCUT2D eigenvalue weighted by molar-refractivity contribution is 0.143. The topological polar surface area (TPSA) is 53.4 Å². The Kier molecular flexibility index (Phi) is 5.34. The third kappa shape index (κ3) is 4.16. The molecule has 0 amide bonds. The maximum Gasteiger partial charge on any atom is 0.300 e. The molecule has 6 heteroatoms. The molecule has 1 atom stereocenters. The molecule has 1 aliphatic rings. The summed E-state index contributed by atoms with van der Waals surface area (Å²) >= 11 is 0. The number of alkyl halides is 1. The number of hydrogen-bond donors (Lipinski definition) is 0. The van der Waals surface area contributed by atoms with E-state index in [1.54, 1.807) is 4.57 Å². The third-order valence-corrected chi connectivity index (χ3v) is 5.05. The zero-order valence-electron chi connectivity index (χ0n) is 16.5. The number of rotatable bonds is 6. The van der Waals surface area contributed by atoms with E-state index in [1.807, 2.05) is 24.3 Å². The molecule has 0 unspecified atom stereocenters. The first-order valence-electron chi connectivity index (χ1n) is 9.70. The molecular weight excluding hydrogens is 371 g/mol. The normalized spacial score (nSPS) is 15.2. The lowest BCUT2D eigenvalue weighted by Crippen LogP contribution is -2.23. The number of benzene rings is 2. The predicted molar refractivity (Wildman–Crippen MR) is 109 cm³/mol. The fraction of sp³-hybridized carbons (Fsp3) is 0.304. The largest absolute Gasteiger partial charge is 0.490 e. The summed E-state index contributed by atoms with van der Waals surface area (Å²) in [6, 6.07) is 17.8. The van der Waals surface area contributed by atoms with E-state index in [4.69, 9.17) is 9.47 Å². The highest BCUT2D eigenvalue weighted by Gasteiger charge is 2.26. The summed E-state index contributed by atoms with van der Waals surface area (Å²) in [6.07, 6.45) is -0.322. The molecule has 150 valence electrons. The third-order valence-electron chi connectivity index (χ3n) is 5.05. The van der Waals surface area contributed by atoms with Crippen LogP contribution in [0, 0.1) is 0 Å². The summed E-state index contributed by atoms with van der Waals surface area (Å²) < 4.78 is 26.2. The van der Waals surface area contributed by atoms with Crippen molar-refractivity contribution in [1.82, 2.24) is 9.55 Å². The first-order chi connectivity index (χ1) is 14.0. The fourth-order valence-corrected chi connectivity index (χ4v) is 3.41. The first kappa shape index (κ1) is 19.2. The van der Waals surface area contributed by atoms with E-state index in [0.29, 0.717) is 12.5 Å². The second-order valence-electron chi connectivity index (χ2n) is 7.47. The van der Waals surface area contributed by atoms with E-state index in [2.05, 4.69) is 43.1 Å². The van der Waals surface area contributed by atoms with Crippen LogP contribution in [0.25, 0.3) is 11.1 Å². The van der Waals surface area contributed by atoms with Crippen molar-refractivity contribution in [3.63, 3.8) is 0 Å². The summed E-state index contributed by atoms with van der Waals surface area (Å²) in [5.41, 5.74) is 3.38. The van der Waals surface area contributed by atoms with E-state index in [9.17, 15) is 9.18 Å². The minimum atomic E-state index is -0.735. The molecule has 0 spiro atoms. The Labute approximate surface area is 168 Å². The van der Waals surface area contributed by atoms with E-state index < -0.39 is 12.2 Å². The summed E-state index contributed by atoms with van der Waals surface area (Å²) in [5, 5.41) is 0. The van der Waals surface area contributed by atoms with Gasteiger partial charge < -0.3 is 9.47 Å². The SMILES string of the molecule is CC(C)c1cccc(-c2ccc(OC[C@@H]3Cn4c(CF)cc(=O)nc4O3)cc2)c1. The summed E-state index contributed by atoms with van der Waals surface area (Å²) in [5.74, 6) is 1.21. The van der Waals surface area contributed by atoms with Crippen LogP contribution in [0.3, 0.4) is 0 Å². The van der Waals surface area contributed by atoms with Crippen LogP contribution < -0.4 is 15.0 Å². The predicted octanol–water partition coefficient (Wildman–Crippen LogP) is 4.34. The van der Waals surface area contributed by atoms with Gasteiger partial charge >= 0.3 is 6.01 Å². The quantitative estimate of drug-likeness (QED) is 0.624. The Hall–Kier alpha value is -3.15. The Bertz CT molecular complexity index is 1060. The van der Waals surface area contributed by atoms with Crippen molar-refractivity contribution in [2.24, 2.45) is 0 Å². The molecule has 0 aliphatic carbocycles. The first-order valence-corrected chi connectivity index (χ1v) is 9.70. The number of fused-ring (bicyclic) bond motifs is 1. The van der Waals surface area contributed by atoms with Gasteiger partial charge in [-0.1, -0.05) is 50.2 Å². The molecule has 0 bridgehead atoms. The van der Waals surface area contributed by atoms with Gasteiger partial charge in [-0.05, 0) is 34.7 Å². The summed E-state index contributed by atoms with van der Waals surface area (Å²) in [7, 11) is 0. The molecule has 1 aliphatic heterocycles. The van der Waals surface area contributed by atoms with Crippen molar-refractivity contribution in [1.29, 1.82) is 0 Å². The smallest absolute Gasteiger partial charge is 0.300 e. The van der Waals surface area contributed by atoms with Gasteiger partial charge in [0.25, 0.3) is 5.56 Å². The standard InChI is InChI=1S/C23H23FN2O3/c1-15(2)17-4-3-5-18(10-17)16-6-8-20(9-7-16)28-14-21-13-26-19(12-24)11-22(27)25-23(26)29-21/h3-11,15,21H,12-14H2,1-2H3/t21-/m0/s1. The lowest BCUT2D eigenvalue weighted by Gasteiger charge is -2.12. The molecule has 4 rings (SSSR count). The van der Waals surface area contributed by atoms with Gasteiger partial charge in [0.05, 0.1) is 12.2 Å². The molecule has 0 saturated heterocycles. The van der Waals surface area contributed by atoms with Gasteiger partial charge in [-0.25, -0.2) is 4.39 Å². The van der Waals surface area contributed by atoms with Crippen LogP contribution in [0.5, 0.6) is 11.8 Å². The van der Waals surface area contributed by atoms with E-state index in [1.165, 1.54) is 17.2 Å². The van der Waals surface area contributed by atoms with Gasteiger partial charge in [0.1, 0.15) is 19.0 Å². The number of ether oxygens (including phenoxy) is 2. The second-order valence-corrected chi connectivity index (χ2v) is 7.47. The van der Waals surface area contributed by atoms with Crippen LogP contribution in [0.2, 0.25) is 0 Å². The second kappa shape index (κ2) is 8.07. The highest BCUT2D eigenvalue weighted by atomic mass is 19.1. The van der Waals surface area contributed by atoms with Crippen LogP contribution in [-0.4, -0.2) is 22.3 Å². The fourth-order valence-electron chi connectivity index (χ4n) is 3.41. The van der Waals surface area contributed by atoms with Crippen LogP contribution >= 0.6 is 0 Å². The highest BCUT2D eigenvalue weighted by Crippen LogP contribution is 2.26. The van der Waals surface area contributed by atoms with Crippen molar-refractivity contribution < 1.29 is 13.9 Å². The minimum Gasteiger partial charge on any atom is -0.490 e. The number of aromatic nitrogens is 2. The Morgan fingerprint density at radius 1 is 1.17 bits per heavy atom. The molecule has 29 heavy (non-hydrogen) atoms. The minimum absolute atomic E-state index is 0.152. The van der Waals surface area contributed by atoms with Gasteiger partial charge in [0.2, 0.25) is 0 Å². The van der Waals surface area contributed by atoms with Crippen molar-refractivity contribution in [2.45, 2.75) is 39.1 Å². The Balaban J connectivity index is 1.40. The molecule has 2 heterocycles. The molecule has 1 aromatic heterocycles. The molecule has 0 fully saturated rings. The maximum atomic E-state index is 13.1. The number of nitrogens with zero attached hydrogens (tertiary/aromatic N) is 2. The van der Waals surface area contributed by atoms with E-state index >= 15 is 0 Å². The number of halogens is 1. The molecule has 2 aromatic carbocycles. The van der Waals surface area contributed by atoms with Crippen LogP contribution in [0.15, 0.2) is 59.4 Å². The van der Waals surface area contributed by atoms with Gasteiger partial charge in [0.15, 0.2) is 6.10 Å². The van der Waals surface area contributed by atoms with Gasteiger partial charge in [-0.2, -0.15) is 4.98 Å². The van der Waals surface area contributed by atoms with Crippen molar-refractivity contribution in [3.05, 3.63) is 76.2 Å². The monoisotopic (exact) mass is 394 g/mol. The molecular formula is C23H23FN2O3. The molecule has 5 nitrogen and oxygen atoms in total. The average Bonchev–Trinajstić information content (AvgIpc) is 3.15. The highest BCUT2D eigenvalue weighted by molar-refractivity contribution is 5.65. The van der Waals surface area contributed by atoms with E-state index in [-0.39, 0.29) is 24.4 Å². The van der Waals surface area contributed by atoms with Gasteiger partial charge in [0, 0.05) is 6.07 Å². The summed E-state index contributed by atoms with van der Waals surface area (Å²) in [6.45, 7) is 4.32. The maximum absolute atomic E-state index is 13.1. The van der Waals surface area contributed by atoms with Gasteiger partial charge in [-0.3, -0.25) is 9.36 Å². The zero-order chi connectivity index (χ0) is 20.4. The Morgan fingerprint density at radius 2 is 1.97 bits per heavy atom. The van der Waals surface area contributed by atoms with Gasteiger partial charge in [-0.15, -0.1) is 0 Å². The van der Waals surface area contributed by atoms with Crippen molar-refractivity contribution in [2.75, 3.05) is 6.61 Å².